The third-order valence-corrected chi connectivity index (χ3v) is 6.48. The number of anilines is 1. The van der Waals surface area contributed by atoms with Gasteiger partial charge in [0.05, 0.1) is 41.3 Å². The lowest BCUT2D eigenvalue weighted by molar-refractivity contribution is -0.172. The molecule has 1 aromatic carbocycles. The third kappa shape index (κ3) is 2.71. The molecule has 0 bridgehead atoms. The number of aliphatic hydroxyl groups is 1. The molecule has 0 saturated carbocycles. The van der Waals surface area contributed by atoms with Crippen LogP contribution < -0.4 is 11.3 Å². The molecule has 1 atom stereocenters. The second kappa shape index (κ2) is 7.11. The summed E-state index contributed by atoms with van der Waals surface area (Å²) in [7, 11) is 1.59. The molecule has 2 aliphatic heterocycles. The molecule has 3 N–H and O–H groups in total. The molecular formula is C23H22FN3O5. The first-order chi connectivity index (χ1) is 15.3. The minimum Gasteiger partial charge on any atom is -0.458 e. The van der Waals surface area contributed by atoms with Crippen molar-refractivity contribution in [1.82, 2.24) is 9.55 Å². The number of pyridine rings is 2. The Morgan fingerprint density at radius 1 is 1.31 bits per heavy atom. The number of nitrogen functional groups attached to an aromatic ring is 1. The van der Waals surface area contributed by atoms with Crippen LogP contribution in [0.2, 0.25) is 0 Å². The quantitative estimate of drug-likeness (QED) is 0.369. The highest BCUT2D eigenvalue weighted by molar-refractivity contribution is 5.91. The van der Waals surface area contributed by atoms with Gasteiger partial charge in [0.1, 0.15) is 12.4 Å². The summed E-state index contributed by atoms with van der Waals surface area (Å²) in [5.74, 6) is -1.36. The normalized spacial score (nSPS) is 18.9. The number of hydrogen-bond acceptors (Lipinski definition) is 7. The molecule has 3 aromatic rings. The SMILES string of the molecule is CC[C@@]1(O)C(=O)OCc2c1cc1n(c2=O)Cc2c-1nc1cc(F)c(N)cc1c2CCOC. The Morgan fingerprint density at radius 2 is 2.09 bits per heavy atom. The van der Waals surface area contributed by atoms with Crippen LogP contribution in [0.1, 0.15) is 35.6 Å². The van der Waals surface area contributed by atoms with E-state index in [2.05, 4.69) is 4.98 Å². The second-order valence-corrected chi connectivity index (χ2v) is 8.15. The lowest BCUT2D eigenvalue weighted by Crippen LogP contribution is -2.44. The predicted molar refractivity (Wildman–Crippen MR) is 114 cm³/mol. The minimum absolute atomic E-state index is 0.0183. The predicted octanol–water partition coefficient (Wildman–Crippen LogP) is 1.99. The Bertz CT molecular complexity index is 1370. The van der Waals surface area contributed by atoms with Gasteiger partial charge in [-0.3, -0.25) is 4.79 Å². The fourth-order valence-electron chi connectivity index (χ4n) is 4.69. The maximum Gasteiger partial charge on any atom is 0.343 e. The largest absolute Gasteiger partial charge is 0.458 e. The van der Waals surface area contributed by atoms with Gasteiger partial charge in [-0.05, 0) is 30.5 Å². The number of halogens is 1. The van der Waals surface area contributed by atoms with E-state index in [-0.39, 0.29) is 41.9 Å². The van der Waals surface area contributed by atoms with Crippen molar-refractivity contribution in [3.63, 3.8) is 0 Å². The van der Waals surface area contributed by atoms with Gasteiger partial charge in [-0.1, -0.05) is 6.92 Å². The van der Waals surface area contributed by atoms with Crippen LogP contribution in [-0.2, 0) is 39.4 Å². The summed E-state index contributed by atoms with van der Waals surface area (Å²) in [5.41, 5.74) is 7.17. The number of esters is 1. The maximum atomic E-state index is 14.2. The number of aromatic nitrogens is 2. The third-order valence-electron chi connectivity index (χ3n) is 6.48. The topological polar surface area (TPSA) is 117 Å². The summed E-state index contributed by atoms with van der Waals surface area (Å²) < 4.78 is 26.2. The van der Waals surface area contributed by atoms with Gasteiger partial charge in [0.15, 0.2) is 5.60 Å². The molecule has 0 amide bonds. The van der Waals surface area contributed by atoms with E-state index >= 15 is 0 Å². The standard InChI is InChI=1S/C23H22FN3O5/c1-3-23(30)15-7-19-20-13(9-27(19)21(28)14(15)10-32-22(23)29)11(4-5-31-2)12-6-17(25)16(24)8-18(12)26-20/h6-8,30H,3-5,9-10,25H2,1-2H3/t23-/m0/s1. The summed E-state index contributed by atoms with van der Waals surface area (Å²) in [5, 5.41) is 11.7. The number of carbonyl (C=O) groups is 1. The highest BCUT2D eigenvalue weighted by Crippen LogP contribution is 2.40. The number of cyclic esters (lactones) is 1. The maximum absolute atomic E-state index is 14.2. The van der Waals surface area contributed by atoms with Crippen LogP contribution in [0.15, 0.2) is 23.0 Å². The molecule has 8 nitrogen and oxygen atoms in total. The van der Waals surface area contributed by atoms with E-state index in [0.717, 1.165) is 11.1 Å². The van der Waals surface area contributed by atoms with Gasteiger partial charge >= 0.3 is 5.97 Å². The lowest BCUT2D eigenvalue weighted by Gasteiger charge is -2.31. The fourth-order valence-corrected chi connectivity index (χ4v) is 4.69. The van der Waals surface area contributed by atoms with E-state index in [1.54, 1.807) is 30.7 Å². The monoisotopic (exact) mass is 439 g/mol. The van der Waals surface area contributed by atoms with Crippen molar-refractivity contribution >= 4 is 22.6 Å². The Kier molecular flexibility index (Phi) is 4.58. The van der Waals surface area contributed by atoms with Crippen LogP contribution in [0.3, 0.4) is 0 Å². The Hall–Kier alpha value is -3.30. The van der Waals surface area contributed by atoms with Gasteiger partial charge in [-0.2, -0.15) is 0 Å². The first-order valence-corrected chi connectivity index (χ1v) is 10.4. The van der Waals surface area contributed by atoms with Crippen LogP contribution in [0, 0.1) is 5.82 Å². The minimum atomic E-state index is -1.90. The van der Waals surface area contributed by atoms with Crippen molar-refractivity contribution in [2.45, 2.75) is 38.5 Å². The molecule has 166 valence electrons. The van der Waals surface area contributed by atoms with Crippen LogP contribution >= 0.6 is 0 Å². The number of hydrogen-bond donors (Lipinski definition) is 2. The summed E-state index contributed by atoms with van der Waals surface area (Å²) in [6.45, 7) is 2.13. The van der Waals surface area contributed by atoms with Gasteiger partial charge in [-0.15, -0.1) is 0 Å². The molecule has 5 rings (SSSR count). The van der Waals surface area contributed by atoms with E-state index < -0.39 is 17.4 Å². The average Bonchev–Trinajstić information content (AvgIpc) is 3.14. The molecule has 0 aliphatic carbocycles. The van der Waals surface area contributed by atoms with Crippen molar-refractivity contribution in [3.05, 3.63) is 56.6 Å². The zero-order valence-corrected chi connectivity index (χ0v) is 17.7. The lowest BCUT2D eigenvalue weighted by atomic mass is 9.86. The van der Waals surface area contributed by atoms with Gasteiger partial charge in [0, 0.05) is 29.7 Å². The average molecular weight is 439 g/mol. The summed E-state index contributed by atoms with van der Waals surface area (Å²) in [6, 6.07) is 4.47. The van der Waals surface area contributed by atoms with Crippen LogP contribution in [-0.4, -0.2) is 34.3 Å². The van der Waals surface area contributed by atoms with Crippen molar-refractivity contribution in [2.75, 3.05) is 19.5 Å². The number of carbonyl (C=O) groups excluding carboxylic acids is 1. The smallest absolute Gasteiger partial charge is 0.343 e. The van der Waals surface area contributed by atoms with Gasteiger partial charge in [0.2, 0.25) is 0 Å². The molecule has 0 fully saturated rings. The summed E-state index contributed by atoms with van der Waals surface area (Å²) in [4.78, 5) is 30.3. The van der Waals surface area contributed by atoms with E-state index in [9.17, 15) is 19.1 Å². The molecule has 0 unspecified atom stereocenters. The fraction of sp³-hybridized carbons (Fsp3) is 0.348. The number of nitrogens with zero attached hydrogens (tertiary/aromatic N) is 2. The second-order valence-electron chi connectivity index (χ2n) is 8.15. The molecule has 2 aliphatic rings. The number of ether oxygens (including phenoxy) is 2. The molecular weight excluding hydrogens is 417 g/mol. The molecule has 0 spiro atoms. The molecule has 32 heavy (non-hydrogen) atoms. The van der Waals surface area contributed by atoms with Gasteiger partial charge in [-0.25, -0.2) is 14.2 Å². The summed E-state index contributed by atoms with van der Waals surface area (Å²) in [6.07, 6.45) is 0.579. The van der Waals surface area contributed by atoms with Gasteiger partial charge < -0.3 is 24.9 Å². The van der Waals surface area contributed by atoms with Gasteiger partial charge in [0.25, 0.3) is 5.56 Å². The molecule has 9 heteroatoms. The van der Waals surface area contributed by atoms with E-state index in [1.165, 1.54) is 6.07 Å². The number of fused-ring (bicyclic) bond motifs is 5. The van der Waals surface area contributed by atoms with Crippen LogP contribution in [0.25, 0.3) is 22.3 Å². The van der Waals surface area contributed by atoms with Crippen molar-refractivity contribution in [3.8, 4) is 11.4 Å². The summed E-state index contributed by atoms with van der Waals surface area (Å²) >= 11 is 0. The Balaban J connectivity index is 1.81. The number of nitrogens with two attached hydrogens (primary N) is 1. The van der Waals surface area contributed by atoms with Crippen LogP contribution in [0.4, 0.5) is 10.1 Å². The number of benzene rings is 1. The van der Waals surface area contributed by atoms with E-state index in [4.69, 9.17) is 15.2 Å². The zero-order valence-electron chi connectivity index (χ0n) is 17.7. The highest BCUT2D eigenvalue weighted by atomic mass is 19.1. The first-order valence-electron chi connectivity index (χ1n) is 10.4. The van der Waals surface area contributed by atoms with Crippen LogP contribution in [0.5, 0.6) is 0 Å². The molecule has 4 heterocycles. The van der Waals surface area contributed by atoms with E-state index in [1.807, 2.05) is 0 Å². The van der Waals surface area contributed by atoms with Crippen molar-refractivity contribution in [2.24, 2.45) is 0 Å². The Labute approximate surface area is 182 Å². The van der Waals surface area contributed by atoms with E-state index in [0.29, 0.717) is 35.3 Å². The first kappa shape index (κ1) is 20.6. The number of rotatable bonds is 4. The van der Waals surface area contributed by atoms with Crippen molar-refractivity contribution in [1.29, 1.82) is 0 Å². The Morgan fingerprint density at radius 3 is 2.81 bits per heavy atom. The molecule has 2 aromatic heterocycles. The highest BCUT2D eigenvalue weighted by Gasteiger charge is 2.45. The molecule has 0 radical (unpaired) electrons. The van der Waals surface area contributed by atoms with Crippen molar-refractivity contribution < 1.29 is 23.8 Å². The molecule has 0 saturated heterocycles. The zero-order chi connectivity index (χ0) is 22.8. The number of methoxy groups -OCH3 is 1.